The van der Waals surface area contributed by atoms with Gasteiger partial charge in [0.25, 0.3) is 5.91 Å². The van der Waals surface area contributed by atoms with Crippen LogP contribution in [0.15, 0.2) is 29.3 Å². The molecule has 0 bridgehead atoms. The van der Waals surface area contributed by atoms with Crippen LogP contribution in [0.1, 0.15) is 36.5 Å². The lowest BCUT2D eigenvalue weighted by Crippen LogP contribution is -2.35. The summed E-state index contributed by atoms with van der Waals surface area (Å²) in [6.07, 6.45) is 4.87. The molecule has 2 aliphatic heterocycles. The molecule has 1 fully saturated rings. The van der Waals surface area contributed by atoms with Crippen molar-refractivity contribution in [2.45, 2.75) is 32.2 Å². The van der Waals surface area contributed by atoms with E-state index < -0.39 is 0 Å². The van der Waals surface area contributed by atoms with Crippen LogP contribution >= 0.6 is 0 Å². The molecule has 4 rings (SSSR count). The van der Waals surface area contributed by atoms with Crippen LogP contribution in [0.4, 0.5) is 5.69 Å². The molecule has 1 atom stereocenters. The van der Waals surface area contributed by atoms with Gasteiger partial charge >= 0.3 is 0 Å². The first-order valence-corrected chi connectivity index (χ1v) is 8.85. The van der Waals surface area contributed by atoms with Gasteiger partial charge in [0.05, 0.1) is 31.0 Å². The summed E-state index contributed by atoms with van der Waals surface area (Å²) in [5.74, 6) is 1.48. The Kier molecular flexibility index (Phi) is 4.07. The number of rotatable bonds is 4. The number of nitrogens with zero attached hydrogens (tertiary/aromatic N) is 2. The molecule has 5 heteroatoms. The van der Waals surface area contributed by atoms with Gasteiger partial charge in [0, 0.05) is 12.8 Å². The molecule has 25 heavy (non-hydrogen) atoms. The summed E-state index contributed by atoms with van der Waals surface area (Å²) in [5, 5.41) is 1.96. The van der Waals surface area contributed by atoms with Crippen LogP contribution in [-0.4, -0.2) is 43.3 Å². The van der Waals surface area contributed by atoms with E-state index in [1.165, 1.54) is 0 Å². The number of carbonyl (C=O) groups is 1. The predicted octanol–water partition coefficient (Wildman–Crippen LogP) is 3.96. The van der Waals surface area contributed by atoms with Crippen molar-refractivity contribution in [2.24, 2.45) is 4.99 Å². The van der Waals surface area contributed by atoms with E-state index in [0.29, 0.717) is 23.7 Å². The standard InChI is InChI=1S/C20H22N2O3/c1-3-7-25-19-11-13-8-16-17(9-14(13)10-18(19)24-2)21-12-15-5-4-6-22(15)20(16)23/h8-12,15H,3-7H2,1-2H3. The highest BCUT2D eigenvalue weighted by Crippen LogP contribution is 2.37. The maximum absolute atomic E-state index is 12.9. The highest BCUT2D eigenvalue weighted by Gasteiger charge is 2.31. The van der Waals surface area contributed by atoms with Crippen molar-refractivity contribution in [1.29, 1.82) is 0 Å². The van der Waals surface area contributed by atoms with Gasteiger partial charge in [-0.2, -0.15) is 0 Å². The fourth-order valence-corrected chi connectivity index (χ4v) is 3.58. The monoisotopic (exact) mass is 338 g/mol. The highest BCUT2D eigenvalue weighted by molar-refractivity contribution is 6.07. The van der Waals surface area contributed by atoms with Crippen molar-refractivity contribution in [3.8, 4) is 11.5 Å². The van der Waals surface area contributed by atoms with Gasteiger partial charge in [0.15, 0.2) is 11.5 Å². The van der Waals surface area contributed by atoms with Crippen molar-refractivity contribution < 1.29 is 14.3 Å². The Morgan fingerprint density at radius 2 is 2.00 bits per heavy atom. The van der Waals surface area contributed by atoms with Crippen LogP contribution in [0.25, 0.3) is 10.8 Å². The predicted molar refractivity (Wildman–Crippen MR) is 98.5 cm³/mol. The summed E-state index contributed by atoms with van der Waals surface area (Å²) in [7, 11) is 1.64. The largest absolute Gasteiger partial charge is 0.493 e. The van der Waals surface area contributed by atoms with Gasteiger partial charge in [-0.25, -0.2) is 0 Å². The normalized spacial score (nSPS) is 18.9. The minimum atomic E-state index is 0.0729. The zero-order valence-electron chi connectivity index (χ0n) is 14.6. The molecule has 0 aliphatic carbocycles. The second-order valence-electron chi connectivity index (χ2n) is 6.55. The highest BCUT2D eigenvalue weighted by atomic mass is 16.5. The number of carbonyl (C=O) groups excluding carboxylic acids is 1. The SMILES string of the molecule is CCCOc1cc2cc3c(cc2cc1OC)N=CC1CCCN1C3=O. The third-order valence-corrected chi connectivity index (χ3v) is 4.88. The summed E-state index contributed by atoms with van der Waals surface area (Å²) in [6, 6.07) is 7.93. The quantitative estimate of drug-likeness (QED) is 0.848. The van der Waals surface area contributed by atoms with Crippen LogP contribution in [0, 0.1) is 0 Å². The molecule has 2 aliphatic rings. The molecule has 1 unspecified atom stereocenters. The summed E-state index contributed by atoms with van der Waals surface area (Å²) in [5.41, 5.74) is 1.40. The first-order valence-electron chi connectivity index (χ1n) is 8.85. The minimum absolute atomic E-state index is 0.0729. The molecule has 5 nitrogen and oxygen atoms in total. The van der Waals surface area contributed by atoms with E-state index in [0.717, 1.165) is 42.3 Å². The topological polar surface area (TPSA) is 51.1 Å². The van der Waals surface area contributed by atoms with E-state index in [2.05, 4.69) is 11.9 Å². The van der Waals surface area contributed by atoms with Gasteiger partial charge in [0.1, 0.15) is 0 Å². The van der Waals surface area contributed by atoms with E-state index >= 15 is 0 Å². The smallest absolute Gasteiger partial charge is 0.256 e. The third kappa shape index (κ3) is 2.73. The number of hydrogen-bond donors (Lipinski definition) is 0. The van der Waals surface area contributed by atoms with Crippen LogP contribution in [0.2, 0.25) is 0 Å². The molecule has 0 saturated carbocycles. The molecule has 0 radical (unpaired) electrons. The van der Waals surface area contributed by atoms with E-state index in [9.17, 15) is 4.79 Å². The van der Waals surface area contributed by atoms with Crippen molar-refractivity contribution in [3.05, 3.63) is 29.8 Å². The van der Waals surface area contributed by atoms with E-state index in [-0.39, 0.29) is 11.9 Å². The fourth-order valence-electron chi connectivity index (χ4n) is 3.58. The van der Waals surface area contributed by atoms with E-state index in [4.69, 9.17) is 9.47 Å². The third-order valence-electron chi connectivity index (χ3n) is 4.88. The van der Waals surface area contributed by atoms with Gasteiger partial charge in [-0.3, -0.25) is 9.79 Å². The summed E-state index contributed by atoms with van der Waals surface area (Å²) < 4.78 is 11.3. The number of methoxy groups -OCH3 is 1. The molecule has 130 valence electrons. The lowest BCUT2D eigenvalue weighted by molar-refractivity contribution is 0.0775. The lowest BCUT2D eigenvalue weighted by atomic mass is 10.0. The number of aliphatic imine (C=N–C) groups is 1. The number of benzene rings is 2. The zero-order valence-corrected chi connectivity index (χ0v) is 14.6. The van der Waals surface area contributed by atoms with Crippen molar-refractivity contribution in [1.82, 2.24) is 4.90 Å². The summed E-state index contributed by atoms with van der Waals surface area (Å²) in [6.45, 7) is 3.50. The average molecular weight is 338 g/mol. The molecule has 0 aromatic heterocycles. The maximum atomic E-state index is 12.9. The van der Waals surface area contributed by atoms with Gasteiger partial charge in [0.2, 0.25) is 0 Å². The molecule has 0 N–H and O–H groups in total. The van der Waals surface area contributed by atoms with E-state index in [1.807, 2.05) is 35.4 Å². The van der Waals surface area contributed by atoms with Crippen molar-refractivity contribution >= 4 is 28.6 Å². The van der Waals surface area contributed by atoms with Crippen LogP contribution in [-0.2, 0) is 0 Å². The van der Waals surface area contributed by atoms with Gasteiger partial charge < -0.3 is 14.4 Å². The van der Waals surface area contributed by atoms with Gasteiger partial charge in [-0.1, -0.05) is 6.92 Å². The lowest BCUT2D eigenvalue weighted by Gasteiger charge is -2.20. The Morgan fingerprint density at radius 3 is 2.80 bits per heavy atom. The molecular formula is C20H22N2O3. The van der Waals surface area contributed by atoms with E-state index in [1.54, 1.807) is 7.11 Å². The molecule has 2 aromatic carbocycles. The Morgan fingerprint density at radius 1 is 1.20 bits per heavy atom. The Labute approximate surface area is 147 Å². The van der Waals surface area contributed by atoms with Crippen molar-refractivity contribution in [2.75, 3.05) is 20.3 Å². The second kappa shape index (κ2) is 6.39. The number of hydrogen-bond acceptors (Lipinski definition) is 4. The summed E-state index contributed by atoms with van der Waals surface area (Å²) in [4.78, 5) is 19.5. The number of fused-ring (bicyclic) bond motifs is 3. The van der Waals surface area contributed by atoms with Gasteiger partial charge in [-0.15, -0.1) is 0 Å². The van der Waals surface area contributed by atoms with Crippen molar-refractivity contribution in [3.63, 3.8) is 0 Å². The van der Waals surface area contributed by atoms with Gasteiger partial charge in [-0.05, 0) is 54.3 Å². The number of amides is 1. The Balaban J connectivity index is 1.83. The van der Waals surface area contributed by atoms with Crippen LogP contribution < -0.4 is 9.47 Å². The molecule has 2 heterocycles. The zero-order chi connectivity index (χ0) is 17.4. The molecular weight excluding hydrogens is 316 g/mol. The molecule has 1 saturated heterocycles. The first-order chi connectivity index (χ1) is 12.2. The Hall–Kier alpha value is -2.56. The molecule has 2 aromatic rings. The molecule has 1 amide bonds. The summed E-state index contributed by atoms with van der Waals surface area (Å²) >= 11 is 0. The Bertz CT molecular complexity index is 860. The number of ether oxygens (including phenoxy) is 2. The minimum Gasteiger partial charge on any atom is -0.493 e. The average Bonchev–Trinajstić information content (AvgIpc) is 3.06. The second-order valence-corrected chi connectivity index (χ2v) is 6.55. The molecule has 0 spiro atoms. The maximum Gasteiger partial charge on any atom is 0.256 e. The van der Waals surface area contributed by atoms with Crippen LogP contribution in [0.5, 0.6) is 11.5 Å². The fraction of sp³-hybridized carbons (Fsp3) is 0.400. The van der Waals surface area contributed by atoms with Crippen LogP contribution in [0.3, 0.4) is 0 Å². The first kappa shape index (κ1) is 15.9.